The van der Waals surface area contributed by atoms with Gasteiger partial charge >= 0.3 is 0 Å². The Morgan fingerprint density at radius 2 is 0.914 bits per heavy atom. The van der Waals surface area contributed by atoms with Crippen molar-refractivity contribution in [3.8, 4) is 22.3 Å². The molecule has 4 aromatic rings. The minimum atomic E-state index is 0.0376. The molecule has 0 fully saturated rings. The first kappa shape index (κ1) is 21.9. The monoisotopic (exact) mass is 452 g/mol. The summed E-state index contributed by atoms with van der Waals surface area (Å²) in [5, 5.41) is 0. The highest BCUT2D eigenvalue weighted by Gasteiger charge is 2.42. The molecular formula is C35H32. The van der Waals surface area contributed by atoms with Crippen molar-refractivity contribution < 1.29 is 0 Å². The van der Waals surface area contributed by atoms with E-state index in [1.807, 2.05) is 0 Å². The first-order valence-electron chi connectivity index (χ1n) is 12.7. The molecule has 2 aliphatic carbocycles. The quantitative estimate of drug-likeness (QED) is 0.289. The number of hydrogen-bond donors (Lipinski definition) is 0. The fraction of sp³-hybridized carbons (Fsp3) is 0.200. The molecule has 172 valence electrons. The van der Waals surface area contributed by atoms with Crippen LogP contribution >= 0.6 is 0 Å². The third-order valence-electron chi connectivity index (χ3n) is 8.28. The molecule has 0 nitrogen and oxygen atoms in total. The van der Waals surface area contributed by atoms with Gasteiger partial charge in [0.15, 0.2) is 0 Å². The summed E-state index contributed by atoms with van der Waals surface area (Å²) < 4.78 is 0. The van der Waals surface area contributed by atoms with Crippen molar-refractivity contribution >= 4 is 12.2 Å². The van der Waals surface area contributed by atoms with E-state index < -0.39 is 0 Å². The Kier molecular flexibility index (Phi) is 5.15. The highest BCUT2D eigenvalue weighted by molar-refractivity contribution is 5.84. The van der Waals surface area contributed by atoms with Crippen LogP contribution in [0.5, 0.6) is 0 Å². The number of benzene rings is 4. The van der Waals surface area contributed by atoms with Crippen molar-refractivity contribution in [2.75, 3.05) is 0 Å². The van der Waals surface area contributed by atoms with Crippen LogP contribution in [0.1, 0.15) is 59.1 Å². The lowest BCUT2D eigenvalue weighted by atomic mass is 9.65. The van der Waals surface area contributed by atoms with Gasteiger partial charge in [0.1, 0.15) is 0 Å². The third kappa shape index (κ3) is 3.43. The lowest BCUT2D eigenvalue weighted by molar-refractivity contribution is 0.292. The maximum absolute atomic E-state index is 2.45. The van der Waals surface area contributed by atoms with Crippen molar-refractivity contribution in [3.63, 3.8) is 0 Å². The summed E-state index contributed by atoms with van der Waals surface area (Å²) in [5.41, 5.74) is 13.8. The smallest absolute Gasteiger partial charge is 0.00875 e. The van der Waals surface area contributed by atoms with E-state index in [1.165, 1.54) is 55.6 Å². The van der Waals surface area contributed by atoms with E-state index in [9.17, 15) is 0 Å². The average molecular weight is 453 g/mol. The Morgan fingerprint density at radius 1 is 0.514 bits per heavy atom. The summed E-state index contributed by atoms with van der Waals surface area (Å²) >= 11 is 0. The minimum absolute atomic E-state index is 0.0376. The molecule has 0 saturated carbocycles. The largest absolute Gasteiger partial charge is 0.0758 e. The van der Waals surface area contributed by atoms with Gasteiger partial charge in [-0.15, -0.1) is 0 Å². The van der Waals surface area contributed by atoms with Crippen LogP contribution in [0.2, 0.25) is 0 Å². The molecule has 0 N–H and O–H groups in total. The molecule has 0 aromatic heterocycles. The van der Waals surface area contributed by atoms with Gasteiger partial charge in [0, 0.05) is 11.8 Å². The first-order chi connectivity index (χ1) is 17.0. The normalized spacial score (nSPS) is 18.1. The summed E-state index contributed by atoms with van der Waals surface area (Å²) in [6.07, 6.45) is 9.66. The Bertz CT molecular complexity index is 1350. The summed E-state index contributed by atoms with van der Waals surface area (Å²) in [6, 6.07) is 31.1. The van der Waals surface area contributed by atoms with Gasteiger partial charge in [-0.05, 0) is 74.9 Å². The number of rotatable bonds is 4. The second kappa shape index (κ2) is 8.24. The highest BCUT2D eigenvalue weighted by Crippen LogP contribution is 2.55. The molecule has 4 aromatic carbocycles. The Balaban J connectivity index is 1.43. The van der Waals surface area contributed by atoms with Gasteiger partial charge in [-0.1, -0.05) is 123 Å². The first-order valence-corrected chi connectivity index (χ1v) is 12.7. The Labute approximate surface area is 209 Å². The summed E-state index contributed by atoms with van der Waals surface area (Å²) in [5.74, 6) is 0.727. The number of aryl methyl sites for hydroxylation is 2. The van der Waals surface area contributed by atoms with Gasteiger partial charge < -0.3 is 0 Å². The number of fused-ring (bicyclic) bond motifs is 2. The SMILES string of the molecule is Cc1ccc2c(c1-c1ccccc1)C=CC2C(C)(C)C1C=Cc2c1ccc(C)c2-c1ccccc1. The average Bonchev–Trinajstić information content (AvgIpc) is 3.50. The fourth-order valence-corrected chi connectivity index (χ4v) is 6.45. The molecule has 35 heavy (non-hydrogen) atoms. The third-order valence-corrected chi connectivity index (χ3v) is 8.28. The van der Waals surface area contributed by atoms with Crippen molar-refractivity contribution in [2.45, 2.75) is 39.5 Å². The predicted octanol–water partition coefficient (Wildman–Crippen LogP) is 9.58. The molecule has 0 heteroatoms. The van der Waals surface area contributed by atoms with Gasteiger partial charge in [-0.25, -0.2) is 0 Å². The topological polar surface area (TPSA) is 0 Å². The van der Waals surface area contributed by atoms with E-state index in [0.29, 0.717) is 11.8 Å². The molecule has 2 unspecified atom stereocenters. The molecule has 0 saturated heterocycles. The lowest BCUT2D eigenvalue weighted by Gasteiger charge is -2.38. The van der Waals surface area contributed by atoms with E-state index in [-0.39, 0.29) is 5.41 Å². The van der Waals surface area contributed by atoms with Crippen molar-refractivity contribution in [1.29, 1.82) is 0 Å². The van der Waals surface area contributed by atoms with Gasteiger partial charge in [-0.3, -0.25) is 0 Å². The van der Waals surface area contributed by atoms with Crippen molar-refractivity contribution in [3.05, 3.63) is 130 Å². The molecular weight excluding hydrogens is 420 g/mol. The van der Waals surface area contributed by atoms with Crippen molar-refractivity contribution in [1.82, 2.24) is 0 Å². The van der Waals surface area contributed by atoms with Crippen LogP contribution in [-0.2, 0) is 0 Å². The molecule has 0 heterocycles. The van der Waals surface area contributed by atoms with E-state index >= 15 is 0 Å². The van der Waals surface area contributed by atoms with Gasteiger partial charge in [0.25, 0.3) is 0 Å². The summed E-state index contributed by atoms with van der Waals surface area (Å²) in [4.78, 5) is 0. The molecule has 2 atom stereocenters. The highest BCUT2D eigenvalue weighted by atomic mass is 14.4. The van der Waals surface area contributed by atoms with Crippen LogP contribution in [0, 0.1) is 19.3 Å². The second-order valence-electron chi connectivity index (χ2n) is 10.7. The number of hydrogen-bond acceptors (Lipinski definition) is 0. The molecule has 0 amide bonds. The van der Waals surface area contributed by atoms with Crippen LogP contribution in [0.25, 0.3) is 34.4 Å². The zero-order valence-corrected chi connectivity index (χ0v) is 21.0. The molecule has 0 aliphatic heterocycles. The van der Waals surface area contributed by atoms with Gasteiger partial charge in [0.2, 0.25) is 0 Å². The zero-order chi connectivity index (χ0) is 24.2. The van der Waals surface area contributed by atoms with Crippen LogP contribution in [-0.4, -0.2) is 0 Å². The Morgan fingerprint density at radius 3 is 1.31 bits per heavy atom. The molecule has 0 radical (unpaired) electrons. The van der Waals surface area contributed by atoms with E-state index in [2.05, 4.69) is 137 Å². The van der Waals surface area contributed by atoms with Crippen LogP contribution in [0.15, 0.2) is 97.1 Å². The molecule has 2 aliphatic rings. The molecule has 0 spiro atoms. The summed E-state index contributed by atoms with van der Waals surface area (Å²) in [6.45, 7) is 9.37. The maximum atomic E-state index is 2.45. The van der Waals surface area contributed by atoms with Gasteiger partial charge in [0.05, 0.1) is 0 Å². The second-order valence-corrected chi connectivity index (χ2v) is 10.7. The standard InChI is InChI=1S/C35H32/c1-23-15-17-27-29(33(23)25-11-7-5-8-12-25)19-21-31(27)35(3,4)32-22-20-30-28(32)18-16-24(2)34(30)26-13-9-6-10-14-26/h5-22,31-32H,1-4H3. The van der Waals surface area contributed by atoms with E-state index in [0.717, 1.165) is 0 Å². The molecule has 6 rings (SSSR count). The van der Waals surface area contributed by atoms with Crippen LogP contribution in [0.4, 0.5) is 0 Å². The van der Waals surface area contributed by atoms with Crippen LogP contribution in [0.3, 0.4) is 0 Å². The summed E-state index contributed by atoms with van der Waals surface area (Å²) in [7, 11) is 0. The maximum Gasteiger partial charge on any atom is 0.00875 e. The lowest BCUT2D eigenvalue weighted by Crippen LogP contribution is -2.26. The number of allylic oxidation sites excluding steroid dienone is 2. The minimum Gasteiger partial charge on any atom is -0.0758 e. The van der Waals surface area contributed by atoms with E-state index in [4.69, 9.17) is 0 Å². The zero-order valence-electron chi connectivity index (χ0n) is 21.0. The Hall–Kier alpha value is -3.64. The van der Waals surface area contributed by atoms with Crippen molar-refractivity contribution in [2.24, 2.45) is 5.41 Å². The van der Waals surface area contributed by atoms with Gasteiger partial charge in [-0.2, -0.15) is 0 Å². The fourth-order valence-electron chi connectivity index (χ4n) is 6.45. The molecule has 0 bridgehead atoms. The van der Waals surface area contributed by atoms with E-state index in [1.54, 1.807) is 0 Å². The van der Waals surface area contributed by atoms with Crippen LogP contribution < -0.4 is 0 Å². The predicted molar refractivity (Wildman–Crippen MR) is 151 cm³/mol.